The maximum absolute atomic E-state index is 12.5. The van der Waals surface area contributed by atoms with Crippen LogP contribution in [0.4, 0.5) is 10.5 Å². The first-order chi connectivity index (χ1) is 12.0. The zero-order chi connectivity index (χ0) is 17.8. The minimum absolute atomic E-state index is 0.0490. The quantitative estimate of drug-likeness (QED) is 0.892. The van der Waals surface area contributed by atoms with Crippen LogP contribution in [0, 0.1) is 24.7 Å². The Morgan fingerprint density at radius 1 is 1.12 bits per heavy atom. The molecule has 2 heterocycles. The first kappa shape index (κ1) is 18.2. The number of carbonyl (C=O) groups excluding carboxylic acids is 1. The second kappa shape index (κ2) is 8.22. The van der Waals surface area contributed by atoms with Crippen molar-refractivity contribution < 1.29 is 4.79 Å². The summed E-state index contributed by atoms with van der Waals surface area (Å²) in [4.78, 5) is 17.1. The molecule has 0 spiro atoms. The fourth-order valence-electron chi connectivity index (χ4n) is 4.53. The van der Waals surface area contributed by atoms with Crippen LogP contribution in [0.15, 0.2) is 24.3 Å². The van der Waals surface area contributed by atoms with Crippen LogP contribution in [0.5, 0.6) is 0 Å². The number of amides is 2. The topological polar surface area (TPSA) is 35.6 Å². The molecule has 4 nitrogen and oxygen atoms in total. The van der Waals surface area contributed by atoms with Crippen molar-refractivity contribution in [3.8, 4) is 0 Å². The molecular formula is C21H33N3O. The molecule has 2 atom stereocenters. The third-order valence-corrected chi connectivity index (χ3v) is 5.75. The van der Waals surface area contributed by atoms with E-state index in [1.54, 1.807) is 0 Å². The Morgan fingerprint density at radius 3 is 2.40 bits per heavy atom. The van der Waals surface area contributed by atoms with Gasteiger partial charge in [0.2, 0.25) is 0 Å². The van der Waals surface area contributed by atoms with Crippen LogP contribution in [-0.4, -0.2) is 48.6 Å². The van der Waals surface area contributed by atoms with Crippen molar-refractivity contribution in [2.24, 2.45) is 17.8 Å². The lowest BCUT2D eigenvalue weighted by Gasteiger charge is -2.39. The van der Waals surface area contributed by atoms with Crippen molar-refractivity contribution in [1.82, 2.24) is 9.80 Å². The minimum Gasteiger partial charge on any atom is -0.325 e. The number of hydrogen-bond acceptors (Lipinski definition) is 2. The molecular weight excluding hydrogens is 310 g/mol. The second-order valence-corrected chi connectivity index (χ2v) is 8.34. The van der Waals surface area contributed by atoms with E-state index in [0.29, 0.717) is 0 Å². The van der Waals surface area contributed by atoms with Crippen molar-refractivity contribution >= 4 is 11.7 Å². The molecule has 2 aliphatic heterocycles. The van der Waals surface area contributed by atoms with Gasteiger partial charge in [-0.3, -0.25) is 0 Å². The van der Waals surface area contributed by atoms with Gasteiger partial charge < -0.3 is 15.1 Å². The van der Waals surface area contributed by atoms with Crippen LogP contribution in [0.3, 0.4) is 0 Å². The van der Waals surface area contributed by atoms with Gasteiger partial charge in [0, 0.05) is 38.4 Å². The molecule has 0 saturated carbocycles. The van der Waals surface area contributed by atoms with Crippen molar-refractivity contribution in [2.45, 2.75) is 40.0 Å². The molecule has 0 aliphatic carbocycles. The van der Waals surface area contributed by atoms with Crippen LogP contribution in [0.1, 0.15) is 38.7 Å². The van der Waals surface area contributed by atoms with Gasteiger partial charge in [-0.05, 0) is 55.6 Å². The van der Waals surface area contributed by atoms with E-state index in [-0.39, 0.29) is 6.03 Å². The van der Waals surface area contributed by atoms with Gasteiger partial charge in [-0.1, -0.05) is 32.0 Å². The predicted octanol–water partition coefficient (Wildman–Crippen LogP) is 4.22. The average Bonchev–Trinajstić information content (AvgIpc) is 2.56. The number of urea groups is 1. The van der Waals surface area contributed by atoms with Crippen molar-refractivity contribution in [3.05, 3.63) is 29.8 Å². The predicted molar refractivity (Wildman–Crippen MR) is 104 cm³/mol. The van der Waals surface area contributed by atoms with Crippen LogP contribution in [0.2, 0.25) is 0 Å². The Kier molecular flexibility index (Phi) is 6.00. The Morgan fingerprint density at radius 2 is 1.76 bits per heavy atom. The molecule has 0 bridgehead atoms. The summed E-state index contributed by atoms with van der Waals surface area (Å²) in [5.41, 5.74) is 2.03. The zero-order valence-corrected chi connectivity index (χ0v) is 16.0. The van der Waals surface area contributed by atoms with E-state index in [2.05, 4.69) is 24.1 Å². The molecule has 2 amide bonds. The number of likely N-dealkylation sites (tertiary alicyclic amines) is 2. The summed E-state index contributed by atoms with van der Waals surface area (Å²) in [6.07, 6.45) is 3.62. The number of nitrogens with one attached hydrogen (secondary N) is 1. The Labute approximate surface area is 152 Å². The van der Waals surface area contributed by atoms with Gasteiger partial charge in [0.1, 0.15) is 0 Å². The van der Waals surface area contributed by atoms with Crippen LogP contribution in [0.25, 0.3) is 0 Å². The number of anilines is 1. The molecule has 4 heteroatoms. The number of para-hydroxylation sites is 1. The molecule has 3 rings (SSSR count). The fourth-order valence-corrected chi connectivity index (χ4v) is 4.53. The van der Waals surface area contributed by atoms with Crippen LogP contribution in [-0.2, 0) is 0 Å². The normalized spacial score (nSPS) is 25.8. The number of piperidine rings is 2. The fraction of sp³-hybridized carbons (Fsp3) is 0.667. The van der Waals surface area contributed by atoms with E-state index in [1.165, 1.54) is 26.1 Å². The van der Waals surface area contributed by atoms with Gasteiger partial charge in [-0.15, -0.1) is 0 Å². The van der Waals surface area contributed by atoms with Crippen LogP contribution >= 0.6 is 0 Å². The van der Waals surface area contributed by atoms with E-state index in [1.807, 2.05) is 36.1 Å². The monoisotopic (exact) mass is 343 g/mol. The van der Waals surface area contributed by atoms with E-state index < -0.39 is 0 Å². The SMILES string of the molecule is Cc1ccccc1NC(=O)N1CCC(CN2C[C@H](C)C[C@@H](C)C2)CC1. The van der Waals surface area contributed by atoms with E-state index in [4.69, 9.17) is 0 Å². The smallest absolute Gasteiger partial charge is 0.321 e. The summed E-state index contributed by atoms with van der Waals surface area (Å²) in [5, 5.41) is 3.06. The molecule has 0 unspecified atom stereocenters. The highest BCUT2D eigenvalue weighted by Crippen LogP contribution is 2.25. The zero-order valence-electron chi connectivity index (χ0n) is 16.0. The molecule has 1 aromatic rings. The second-order valence-electron chi connectivity index (χ2n) is 8.34. The van der Waals surface area contributed by atoms with E-state index in [9.17, 15) is 4.79 Å². The lowest BCUT2D eigenvalue weighted by molar-refractivity contribution is 0.101. The summed E-state index contributed by atoms with van der Waals surface area (Å²) >= 11 is 0. The lowest BCUT2D eigenvalue weighted by atomic mass is 9.89. The third kappa shape index (κ3) is 4.97. The largest absolute Gasteiger partial charge is 0.325 e. The molecule has 138 valence electrons. The maximum Gasteiger partial charge on any atom is 0.321 e. The van der Waals surface area contributed by atoms with Gasteiger partial charge in [0.25, 0.3) is 0 Å². The standard InChI is InChI=1S/C21H33N3O/c1-16-12-17(2)14-23(13-16)15-19-8-10-24(11-9-19)21(25)22-20-7-5-4-6-18(20)3/h4-7,16-17,19H,8-15H2,1-3H3,(H,22,25)/t16-,17-/m1/s1. The summed E-state index contributed by atoms with van der Waals surface area (Å²) in [7, 11) is 0. The maximum atomic E-state index is 12.5. The first-order valence-electron chi connectivity index (χ1n) is 9.85. The highest BCUT2D eigenvalue weighted by atomic mass is 16.2. The summed E-state index contributed by atoms with van der Waals surface area (Å²) in [6.45, 7) is 12.2. The number of carbonyl (C=O) groups is 1. The average molecular weight is 344 g/mol. The molecule has 25 heavy (non-hydrogen) atoms. The number of rotatable bonds is 3. The molecule has 2 fully saturated rings. The Bertz CT molecular complexity index is 570. The highest BCUT2D eigenvalue weighted by molar-refractivity contribution is 5.90. The molecule has 1 N–H and O–H groups in total. The molecule has 0 aromatic heterocycles. The number of aryl methyl sites for hydroxylation is 1. The van der Waals surface area contributed by atoms with Crippen molar-refractivity contribution in [1.29, 1.82) is 0 Å². The van der Waals surface area contributed by atoms with E-state index in [0.717, 1.165) is 54.9 Å². The van der Waals surface area contributed by atoms with Gasteiger partial charge in [0.05, 0.1) is 0 Å². The minimum atomic E-state index is 0.0490. The van der Waals surface area contributed by atoms with Gasteiger partial charge in [0.15, 0.2) is 0 Å². The summed E-state index contributed by atoms with van der Waals surface area (Å²) in [6, 6.07) is 8.02. The number of nitrogens with zero attached hydrogens (tertiary/aromatic N) is 2. The lowest BCUT2D eigenvalue weighted by Crippen LogP contribution is -2.46. The first-order valence-corrected chi connectivity index (χ1v) is 9.85. The Balaban J connectivity index is 1.45. The molecule has 0 radical (unpaired) electrons. The summed E-state index contributed by atoms with van der Waals surface area (Å²) < 4.78 is 0. The summed E-state index contributed by atoms with van der Waals surface area (Å²) in [5.74, 6) is 2.38. The van der Waals surface area contributed by atoms with Crippen molar-refractivity contribution in [2.75, 3.05) is 38.0 Å². The molecule has 1 aromatic carbocycles. The van der Waals surface area contributed by atoms with Crippen molar-refractivity contribution in [3.63, 3.8) is 0 Å². The van der Waals surface area contributed by atoms with Crippen LogP contribution < -0.4 is 5.32 Å². The number of benzene rings is 1. The molecule has 2 saturated heterocycles. The number of hydrogen-bond donors (Lipinski definition) is 1. The van der Waals surface area contributed by atoms with Gasteiger partial charge in [-0.25, -0.2) is 4.79 Å². The highest BCUT2D eigenvalue weighted by Gasteiger charge is 2.27. The Hall–Kier alpha value is -1.55. The van der Waals surface area contributed by atoms with Gasteiger partial charge >= 0.3 is 6.03 Å². The third-order valence-electron chi connectivity index (χ3n) is 5.75. The van der Waals surface area contributed by atoms with Gasteiger partial charge in [-0.2, -0.15) is 0 Å². The molecule has 2 aliphatic rings. The van der Waals surface area contributed by atoms with E-state index >= 15 is 0 Å².